The molecule has 3 heterocycles. The van der Waals surface area contributed by atoms with E-state index in [0.29, 0.717) is 17.9 Å². The molecule has 3 fully saturated rings. The maximum Gasteiger partial charge on any atom is 0.224 e. The van der Waals surface area contributed by atoms with Gasteiger partial charge in [0.25, 0.3) is 0 Å². The van der Waals surface area contributed by atoms with Gasteiger partial charge in [0.15, 0.2) is 0 Å². The van der Waals surface area contributed by atoms with Crippen LogP contribution in [-0.2, 0) is 4.79 Å². The number of hydrogen-bond donors (Lipinski definition) is 4. The quantitative estimate of drug-likeness (QED) is 0.626. The Morgan fingerprint density at radius 1 is 1.10 bits per heavy atom. The third kappa shape index (κ3) is 3.53. The molecular formula is C24H30N4O2. The number of nitrogens with one attached hydrogen (secondary N) is 3. The molecule has 2 aromatic rings. The van der Waals surface area contributed by atoms with Gasteiger partial charge in [0, 0.05) is 35.8 Å². The highest BCUT2D eigenvalue weighted by Crippen LogP contribution is 2.45. The molecule has 7 atom stereocenters. The Labute approximate surface area is 177 Å². The number of pyridine rings is 1. The average Bonchev–Trinajstić information content (AvgIpc) is 3.16. The molecular weight excluding hydrogens is 376 g/mol. The number of nitrogens with zero attached hydrogens (tertiary/aromatic N) is 1. The van der Waals surface area contributed by atoms with Gasteiger partial charge >= 0.3 is 0 Å². The minimum absolute atomic E-state index is 0.00638. The maximum absolute atomic E-state index is 13.0. The molecule has 6 heteroatoms. The van der Waals surface area contributed by atoms with E-state index < -0.39 is 0 Å². The second-order valence-electron chi connectivity index (χ2n) is 9.16. The van der Waals surface area contributed by atoms with Crippen molar-refractivity contribution in [2.24, 2.45) is 17.8 Å². The first-order valence-corrected chi connectivity index (χ1v) is 11.0. The van der Waals surface area contributed by atoms with Crippen molar-refractivity contribution < 1.29 is 9.90 Å². The Morgan fingerprint density at radius 2 is 1.93 bits per heavy atom. The molecule has 0 bridgehead atoms. The van der Waals surface area contributed by atoms with Crippen molar-refractivity contribution in [1.29, 1.82) is 0 Å². The van der Waals surface area contributed by atoms with E-state index in [1.54, 1.807) is 0 Å². The summed E-state index contributed by atoms with van der Waals surface area (Å²) in [5, 5.41) is 13.4. The largest absolute Gasteiger partial charge is 0.396 e. The average molecular weight is 407 g/mol. The number of fused-ring (bicyclic) bond motifs is 2. The number of aliphatic hydroxyl groups is 1. The summed E-state index contributed by atoms with van der Waals surface area (Å²) in [6.45, 7) is 2.02. The summed E-state index contributed by atoms with van der Waals surface area (Å²) in [4.78, 5) is 17.3. The second-order valence-corrected chi connectivity index (χ2v) is 9.16. The number of benzene rings is 1. The number of piperidine rings is 1. The first-order valence-electron chi connectivity index (χ1n) is 11.0. The highest BCUT2D eigenvalue weighted by Gasteiger charge is 2.49. The van der Waals surface area contributed by atoms with Gasteiger partial charge in [-0.15, -0.1) is 0 Å². The lowest BCUT2D eigenvalue weighted by Gasteiger charge is -2.45. The van der Waals surface area contributed by atoms with E-state index in [1.165, 1.54) is 5.56 Å². The fraction of sp³-hybridized carbons (Fsp3) is 0.500. The summed E-state index contributed by atoms with van der Waals surface area (Å²) >= 11 is 0. The molecule has 1 saturated carbocycles. The molecule has 1 aromatic heterocycles. The number of carbonyl (C=O) groups is 1. The minimum atomic E-state index is -0.181. The van der Waals surface area contributed by atoms with E-state index in [1.807, 2.05) is 43.5 Å². The van der Waals surface area contributed by atoms with E-state index in [2.05, 4.69) is 33.3 Å². The molecule has 1 aliphatic carbocycles. The molecule has 2 saturated heterocycles. The SMILES string of the molecule is Cc1cc(C2NNC3CC4NC(=O)C(C(CO)c5ccccc5)CC4CC32)ccn1. The number of aromatic nitrogens is 1. The molecule has 0 spiro atoms. The van der Waals surface area contributed by atoms with Crippen molar-refractivity contribution in [1.82, 2.24) is 21.2 Å². The highest BCUT2D eigenvalue weighted by molar-refractivity contribution is 5.81. The lowest BCUT2D eigenvalue weighted by atomic mass is 9.66. The van der Waals surface area contributed by atoms with Crippen LogP contribution in [0.1, 0.15) is 48.0 Å². The van der Waals surface area contributed by atoms with Crippen molar-refractivity contribution >= 4 is 5.91 Å². The molecule has 30 heavy (non-hydrogen) atoms. The number of hydrogen-bond acceptors (Lipinski definition) is 5. The highest BCUT2D eigenvalue weighted by atomic mass is 16.3. The zero-order valence-corrected chi connectivity index (χ0v) is 17.3. The van der Waals surface area contributed by atoms with E-state index in [4.69, 9.17) is 0 Å². The predicted octanol–water partition coefficient (Wildman–Crippen LogP) is 2.21. The number of aliphatic hydroxyl groups excluding tert-OH is 1. The van der Waals surface area contributed by atoms with Gasteiger partial charge in [0.05, 0.1) is 12.6 Å². The molecule has 1 aromatic carbocycles. The molecule has 3 aliphatic rings. The first kappa shape index (κ1) is 19.7. The molecule has 158 valence electrons. The molecule has 0 radical (unpaired) electrons. The van der Waals surface area contributed by atoms with Crippen molar-refractivity contribution in [3.63, 3.8) is 0 Å². The summed E-state index contributed by atoms with van der Waals surface area (Å²) in [6.07, 6.45) is 4.72. The lowest BCUT2D eigenvalue weighted by Crippen LogP contribution is -2.56. The predicted molar refractivity (Wildman–Crippen MR) is 114 cm³/mol. The smallest absolute Gasteiger partial charge is 0.224 e. The Hall–Kier alpha value is -2.28. The summed E-state index contributed by atoms with van der Waals surface area (Å²) in [7, 11) is 0. The van der Waals surface area contributed by atoms with Gasteiger partial charge in [-0.1, -0.05) is 30.3 Å². The van der Waals surface area contributed by atoms with Gasteiger partial charge in [-0.25, -0.2) is 5.43 Å². The second kappa shape index (κ2) is 8.10. The zero-order valence-electron chi connectivity index (χ0n) is 17.3. The van der Waals surface area contributed by atoms with Gasteiger partial charge in [-0.3, -0.25) is 15.2 Å². The maximum atomic E-state index is 13.0. The fourth-order valence-corrected chi connectivity index (χ4v) is 5.92. The van der Waals surface area contributed by atoms with Gasteiger partial charge in [-0.2, -0.15) is 0 Å². The minimum Gasteiger partial charge on any atom is -0.396 e. The van der Waals surface area contributed by atoms with Gasteiger partial charge < -0.3 is 10.4 Å². The van der Waals surface area contributed by atoms with Crippen LogP contribution in [0, 0.1) is 24.7 Å². The topological polar surface area (TPSA) is 86.3 Å². The zero-order chi connectivity index (χ0) is 20.7. The summed E-state index contributed by atoms with van der Waals surface area (Å²) in [5.74, 6) is 0.666. The standard InChI is InChI=1S/C24H30N4O2/c1-14-9-16(7-8-25-14)23-19-11-17-10-18(20(13-29)15-5-3-2-4-6-15)24(30)26-21(17)12-22(19)27-28-23/h2-9,17-23,27-29H,10-13H2,1H3,(H,26,30). The fourth-order valence-electron chi connectivity index (χ4n) is 5.92. The molecule has 1 amide bonds. The Bertz CT molecular complexity index is 905. The first-order chi connectivity index (χ1) is 14.6. The third-order valence-electron chi connectivity index (χ3n) is 7.43. The molecule has 2 aliphatic heterocycles. The van der Waals surface area contributed by atoms with Crippen LogP contribution < -0.4 is 16.2 Å². The number of aryl methyl sites for hydroxylation is 1. The van der Waals surface area contributed by atoms with Crippen molar-refractivity contribution in [2.45, 2.75) is 50.2 Å². The summed E-state index contributed by atoms with van der Waals surface area (Å²) in [5.41, 5.74) is 10.3. The van der Waals surface area contributed by atoms with Gasteiger partial charge in [-0.05, 0) is 61.3 Å². The van der Waals surface area contributed by atoms with Crippen LogP contribution in [0.4, 0.5) is 0 Å². The van der Waals surface area contributed by atoms with Crippen molar-refractivity contribution in [3.05, 3.63) is 65.5 Å². The van der Waals surface area contributed by atoms with Crippen LogP contribution in [0.2, 0.25) is 0 Å². The Morgan fingerprint density at radius 3 is 2.70 bits per heavy atom. The van der Waals surface area contributed by atoms with Crippen LogP contribution in [-0.4, -0.2) is 34.7 Å². The lowest BCUT2D eigenvalue weighted by molar-refractivity contribution is -0.132. The van der Waals surface area contributed by atoms with E-state index in [-0.39, 0.29) is 36.4 Å². The number of hydrazine groups is 1. The molecule has 5 rings (SSSR count). The normalized spacial score (nSPS) is 34.0. The van der Waals surface area contributed by atoms with Crippen LogP contribution >= 0.6 is 0 Å². The monoisotopic (exact) mass is 406 g/mol. The molecule has 7 unspecified atom stereocenters. The van der Waals surface area contributed by atoms with Gasteiger partial charge in [0.2, 0.25) is 5.91 Å². The van der Waals surface area contributed by atoms with Crippen molar-refractivity contribution in [2.75, 3.05) is 6.61 Å². The summed E-state index contributed by atoms with van der Waals surface area (Å²) < 4.78 is 0. The van der Waals surface area contributed by atoms with E-state index in [9.17, 15) is 9.90 Å². The number of rotatable bonds is 4. The Kier molecular flexibility index (Phi) is 5.31. The Balaban J connectivity index is 1.35. The van der Waals surface area contributed by atoms with Crippen LogP contribution in [0.5, 0.6) is 0 Å². The summed E-state index contributed by atoms with van der Waals surface area (Å²) in [6, 6.07) is 15.0. The molecule has 4 N–H and O–H groups in total. The van der Waals surface area contributed by atoms with Crippen LogP contribution in [0.25, 0.3) is 0 Å². The van der Waals surface area contributed by atoms with Crippen molar-refractivity contribution in [3.8, 4) is 0 Å². The number of amides is 1. The van der Waals surface area contributed by atoms with E-state index >= 15 is 0 Å². The number of carbonyl (C=O) groups excluding carboxylic acids is 1. The van der Waals surface area contributed by atoms with Crippen LogP contribution in [0.15, 0.2) is 48.7 Å². The van der Waals surface area contributed by atoms with Gasteiger partial charge in [0.1, 0.15) is 0 Å². The molecule has 6 nitrogen and oxygen atoms in total. The van der Waals surface area contributed by atoms with E-state index in [0.717, 1.165) is 30.5 Å². The third-order valence-corrected chi connectivity index (χ3v) is 7.43. The van der Waals surface area contributed by atoms with Crippen LogP contribution in [0.3, 0.4) is 0 Å².